The number of piperidine rings is 1. The predicted octanol–water partition coefficient (Wildman–Crippen LogP) is 4.89. The van der Waals surface area contributed by atoms with Crippen molar-refractivity contribution in [3.63, 3.8) is 0 Å². The summed E-state index contributed by atoms with van der Waals surface area (Å²) in [4.78, 5) is 36.3. The molecule has 2 fully saturated rings. The average molecular weight is 505 g/mol. The van der Waals surface area contributed by atoms with Crippen molar-refractivity contribution in [2.45, 2.75) is 33.7 Å². The lowest BCUT2D eigenvalue weighted by Crippen LogP contribution is -2.40. The summed E-state index contributed by atoms with van der Waals surface area (Å²) in [5.74, 6) is 1.46. The second kappa shape index (κ2) is 9.59. The maximum Gasteiger partial charge on any atom is 0.267 e. The minimum atomic E-state index is -0.177. The van der Waals surface area contributed by atoms with E-state index < -0.39 is 0 Å². The molecule has 1 aromatic carbocycles. The van der Waals surface area contributed by atoms with Crippen molar-refractivity contribution in [3.05, 3.63) is 80.6 Å². The third-order valence-corrected chi connectivity index (χ3v) is 7.94. The maximum absolute atomic E-state index is 13.7. The van der Waals surface area contributed by atoms with Crippen LogP contribution < -0.4 is 10.5 Å². The number of benzene rings is 1. The molecular formula is C27H28N4O2S2. The number of carbonyl (C=O) groups excluding carboxylic acids is 1. The van der Waals surface area contributed by atoms with Crippen molar-refractivity contribution in [3.8, 4) is 0 Å². The van der Waals surface area contributed by atoms with Crippen molar-refractivity contribution in [1.82, 2.24) is 14.3 Å². The van der Waals surface area contributed by atoms with E-state index in [1.54, 1.807) is 21.6 Å². The van der Waals surface area contributed by atoms with Crippen molar-refractivity contribution in [1.29, 1.82) is 0 Å². The molecule has 6 nitrogen and oxygen atoms in total. The highest BCUT2D eigenvalue weighted by Gasteiger charge is 2.33. The fourth-order valence-electron chi connectivity index (χ4n) is 5.04. The molecule has 180 valence electrons. The van der Waals surface area contributed by atoms with Gasteiger partial charge in [-0.1, -0.05) is 74.2 Å². The van der Waals surface area contributed by atoms with Gasteiger partial charge in [-0.25, -0.2) is 4.98 Å². The summed E-state index contributed by atoms with van der Waals surface area (Å²) < 4.78 is 2.07. The third kappa shape index (κ3) is 4.65. The molecule has 2 atom stereocenters. The van der Waals surface area contributed by atoms with Gasteiger partial charge in [-0.05, 0) is 48.4 Å². The molecule has 3 aromatic rings. The third-order valence-electron chi connectivity index (χ3n) is 6.57. The van der Waals surface area contributed by atoms with Crippen LogP contribution in [0.15, 0.2) is 58.4 Å². The molecule has 2 aromatic heterocycles. The van der Waals surface area contributed by atoms with Gasteiger partial charge < -0.3 is 4.90 Å². The zero-order chi connectivity index (χ0) is 24.7. The monoisotopic (exact) mass is 504 g/mol. The van der Waals surface area contributed by atoms with E-state index in [1.165, 1.54) is 11.8 Å². The number of aryl methyl sites for hydroxylation is 1. The SMILES string of the molecule is Cc1cccn2c(=O)c(/C=C3/SC(=S)N(Cc4ccccc4)C3=O)c(N3CC(C)CC(C)C3)nc12. The molecule has 2 unspecified atom stereocenters. The first-order chi connectivity index (χ1) is 16.8. The van der Waals surface area contributed by atoms with Crippen molar-refractivity contribution < 1.29 is 4.79 Å². The number of hydrogen-bond donors (Lipinski definition) is 0. The molecule has 8 heteroatoms. The minimum Gasteiger partial charge on any atom is -0.355 e. The van der Waals surface area contributed by atoms with E-state index >= 15 is 0 Å². The Hall–Kier alpha value is -2.97. The summed E-state index contributed by atoms with van der Waals surface area (Å²) in [6, 6.07) is 13.6. The molecule has 0 bridgehead atoms. The highest BCUT2D eigenvalue weighted by atomic mass is 32.2. The van der Waals surface area contributed by atoms with E-state index in [0.29, 0.717) is 44.6 Å². The van der Waals surface area contributed by atoms with Gasteiger partial charge in [0.1, 0.15) is 15.8 Å². The number of fused-ring (bicyclic) bond motifs is 1. The average Bonchev–Trinajstić information content (AvgIpc) is 3.08. The Kier molecular flexibility index (Phi) is 6.51. The van der Waals surface area contributed by atoms with Gasteiger partial charge in [0.15, 0.2) is 0 Å². The molecule has 35 heavy (non-hydrogen) atoms. The van der Waals surface area contributed by atoms with Gasteiger partial charge in [-0.15, -0.1) is 0 Å². The van der Waals surface area contributed by atoms with Crippen LogP contribution in [-0.2, 0) is 11.3 Å². The number of thiocarbonyl (C=S) groups is 1. The molecule has 0 N–H and O–H groups in total. The van der Waals surface area contributed by atoms with Crippen LogP contribution in [-0.4, -0.2) is 37.6 Å². The van der Waals surface area contributed by atoms with Gasteiger partial charge in [0, 0.05) is 19.3 Å². The number of thioether (sulfide) groups is 1. The van der Waals surface area contributed by atoms with Gasteiger partial charge >= 0.3 is 0 Å². The van der Waals surface area contributed by atoms with Crippen LogP contribution in [0.4, 0.5) is 5.82 Å². The van der Waals surface area contributed by atoms with Crippen LogP contribution in [0.1, 0.15) is 37.0 Å². The Morgan fingerprint density at radius 1 is 1.09 bits per heavy atom. The minimum absolute atomic E-state index is 0.173. The van der Waals surface area contributed by atoms with Gasteiger partial charge in [-0.3, -0.25) is 18.9 Å². The van der Waals surface area contributed by atoms with Crippen molar-refractivity contribution in [2.24, 2.45) is 11.8 Å². The predicted molar refractivity (Wildman–Crippen MR) is 147 cm³/mol. The molecule has 2 aliphatic rings. The Morgan fingerprint density at radius 3 is 2.51 bits per heavy atom. The standard InChI is InChI=1S/C27H28N4O2S2/c1-17-12-18(2)15-29(14-17)24-21(25(32)30-11-7-8-19(3)23(30)28-24)13-22-26(33)31(27(34)35-22)16-20-9-5-4-6-10-20/h4-11,13,17-18H,12,14-16H2,1-3H3/b22-13+. The number of carbonyl (C=O) groups is 1. The number of nitrogens with zero attached hydrogens (tertiary/aromatic N) is 4. The second-order valence-corrected chi connectivity index (χ2v) is 11.3. The Balaban J connectivity index is 1.60. The number of pyridine rings is 1. The molecule has 0 radical (unpaired) electrons. The Morgan fingerprint density at radius 2 is 1.80 bits per heavy atom. The van der Waals surface area contributed by atoms with Gasteiger partial charge in [0.05, 0.1) is 17.0 Å². The van der Waals surface area contributed by atoms with Crippen molar-refractivity contribution in [2.75, 3.05) is 18.0 Å². The number of hydrogen-bond acceptors (Lipinski definition) is 6. The number of amides is 1. The van der Waals surface area contributed by atoms with E-state index in [9.17, 15) is 9.59 Å². The lowest BCUT2D eigenvalue weighted by Gasteiger charge is -2.36. The van der Waals surface area contributed by atoms with E-state index in [-0.39, 0.29) is 11.5 Å². The summed E-state index contributed by atoms with van der Waals surface area (Å²) in [6.07, 6.45) is 4.59. The summed E-state index contributed by atoms with van der Waals surface area (Å²) in [6.45, 7) is 8.49. The van der Waals surface area contributed by atoms with E-state index in [0.717, 1.165) is 30.6 Å². The number of anilines is 1. The highest BCUT2D eigenvalue weighted by molar-refractivity contribution is 8.26. The second-order valence-electron chi connectivity index (χ2n) is 9.64. The first-order valence-corrected chi connectivity index (χ1v) is 13.1. The molecule has 0 spiro atoms. The summed E-state index contributed by atoms with van der Waals surface area (Å²) in [5.41, 5.74) is 2.85. The van der Waals surface area contributed by atoms with E-state index in [2.05, 4.69) is 18.7 Å². The summed E-state index contributed by atoms with van der Waals surface area (Å²) >= 11 is 6.79. The summed E-state index contributed by atoms with van der Waals surface area (Å²) in [7, 11) is 0. The Bertz CT molecular complexity index is 1390. The molecule has 2 saturated heterocycles. The smallest absolute Gasteiger partial charge is 0.267 e. The maximum atomic E-state index is 13.7. The van der Waals surface area contributed by atoms with E-state index in [4.69, 9.17) is 17.2 Å². The van der Waals surface area contributed by atoms with E-state index in [1.807, 2.05) is 49.4 Å². The van der Waals surface area contributed by atoms with Gasteiger partial charge in [0.2, 0.25) is 0 Å². The van der Waals surface area contributed by atoms with Crippen LogP contribution in [0.2, 0.25) is 0 Å². The van der Waals surface area contributed by atoms with Crippen LogP contribution >= 0.6 is 24.0 Å². The number of aromatic nitrogens is 2. The normalized spacial score (nSPS) is 22.0. The molecule has 0 aliphatic carbocycles. The highest BCUT2D eigenvalue weighted by Crippen LogP contribution is 2.35. The van der Waals surface area contributed by atoms with Crippen LogP contribution in [0.5, 0.6) is 0 Å². The van der Waals surface area contributed by atoms with Gasteiger partial charge in [0.25, 0.3) is 11.5 Å². The Labute approximate surface area is 214 Å². The summed E-state index contributed by atoms with van der Waals surface area (Å²) in [5, 5.41) is 0. The molecule has 2 aliphatic heterocycles. The van der Waals surface area contributed by atoms with Gasteiger partial charge in [-0.2, -0.15) is 0 Å². The molecule has 5 rings (SSSR count). The molecule has 4 heterocycles. The number of rotatable bonds is 4. The van der Waals surface area contributed by atoms with Crippen molar-refractivity contribution >= 4 is 51.7 Å². The van der Waals surface area contributed by atoms with Crippen LogP contribution in [0, 0.1) is 18.8 Å². The zero-order valence-electron chi connectivity index (χ0n) is 20.1. The fraction of sp³-hybridized carbons (Fsp3) is 0.333. The molecule has 0 saturated carbocycles. The first kappa shape index (κ1) is 23.8. The lowest BCUT2D eigenvalue weighted by molar-refractivity contribution is -0.122. The fourth-order valence-corrected chi connectivity index (χ4v) is 6.27. The molecular weight excluding hydrogens is 476 g/mol. The lowest BCUT2D eigenvalue weighted by atomic mass is 9.91. The molecule has 1 amide bonds. The first-order valence-electron chi connectivity index (χ1n) is 11.9. The largest absolute Gasteiger partial charge is 0.355 e. The van der Waals surface area contributed by atoms with Crippen LogP contribution in [0.25, 0.3) is 11.7 Å². The quantitative estimate of drug-likeness (QED) is 0.373. The van der Waals surface area contributed by atoms with Crippen LogP contribution in [0.3, 0.4) is 0 Å². The topological polar surface area (TPSA) is 57.9 Å². The zero-order valence-corrected chi connectivity index (χ0v) is 21.7.